The van der Waals surface area contributed by atoms with Gasteiger partial charge < -0.3 is 29.4 Å². The molecule has 0 amide bonds. The highest BCUT2D eigenvalue weighted by atomic mass is 32.5. The predicted molar refractivity (Wildman–Crippen MR) is 125 cm³/mol. The van der Waals surface area contributed by atoms with Crippen LogP contribution < -0.4 is 0 Å². The van der Waals surface area contributed by atoms with Gasteiger partial charge in [0.1, 0.15) is 0 Å². The number of unbranched alkanes of at least 4 members (excludes halogenated alkanes) is 11. The molecule has 0 bridgehead atoms. The van der Waals surface area contributed by atoms with Gasteiger partial charge in [-0.3, -0.25) is 0 Å². The topological polar surface area (TPSA) is 121 Å². The lowest BCUT2D eigenvalue weighted by molar-refractivity contribution is 0.361. The number of rotatable bonds is 11. The normalized spacial score (nSPS) is 10.6. The van der Waals surface area contributed by atoms with E-state index in [1.165, 1.54) is 83.5 Å². The molecule has 0 aliphatic heterocycles. The quantitative estimate of drug-likeness (QED) is 0.173. The first-order valence-corrected chi connectivity index (χ1v) is 15.2. The molecule has 0 saturated heterocycles. The number of hydrogen-bond donors (Lipinski definition) is 6. The average Bonchev–Trinajstić information content (AvgIpc) is 2.48. The first-order valence-electron chi connectivity index (χ1n) is 9.89. The van der Waals surface area contributed by atoms with Gasteiger partial charge in [0.05, 0.1) is 0 Å². The smallest absolute Gasteiger partial charge is 0.319 e. The standard InChI is InChI=1S/C12H26.C5H12.2H3O3PS/c1-3-5-7-9-11-12-10-8-6-4-2;1-3-5-4-2;2*1-4(2,3)5/h3-12H2,1-2H3;3-5H2,1-2H3;2*(H3,1,2,3,5). The molecule has 0 aromatic rings. The molecule has 170 valence electrons. The van der Waals surface area contributed by atoms with Crippen molar-refractivity contribution < 1.29 is 29.4 Å². The fourth-order valence-electron chi connectivity index (χ4n) is 1.91. The summed E-state index contributed by atoms with van der Waals surface area (Å²) in [6, 6.07) is 0. The van der Waals surface area contributed by atoms with Crippen molar-refractivity contribution in [3.8, 4) is 0 Å². The second-order valence-electron chi connectivity index (χ2n) is 6.21. The molecule has 0 atom stereocenters. The van der Waals surface area contributed by atoms with Crippen LogP contribution in [0.2, 0.25) is 0 Å². The molecule has 10 heteroatoms. The molecular formula is C17H44O6P2S2. The minimum Gasteiger partial charge on any atom is -0.325 e. The van der Waals surface area contributed by atoms with Crippen LogP contribution in [0, 0.1) is 0 Å². The molecule has 0 saturated carbocycles. The van der Waals surface area contributed by atoms with E-state index in [2.05, 4.69) is 51.3 Å². The summed E-state index contributed by atoms with van der Waals surface area (Å²) in [7, 11) is 0. The zero-order valence-corrected chi connectivity index (χ0v) is 21.0. The summed E-state index contributed by atoms with van der Waals surface area (Å²) in [5.41, 5.74) is 0. The lowest BCUT2D eigenvalue weighted by Crippen LogP contribution is -1.80. The Labute approximate surface area is 177 Å². The monoisotopic (exact) mass is 470 g/mol. The minimum atomic E-state index is -3.81. The Morgan fingerprint density at radius 3 is 0.667 bits per heavy atom. The fraction of sp³-hybridized carbons (Fsp3) is 1.00. The van der Waals surface area contributed by atoms with E-state index in [0.29, 0.717) is 0 Å². The van der Waals surface area contributed by atoms with Crippen LogP contribution in [0.5, 0.6) is 0 Å². The predicted octanol–water partition coefficient (Wildman–Crippen LogP) is 5.50. The molecule has 0 heterocycles. The fourth-order valence-corrected chi connectivity index (χ4v) is 1.91. The van der Waals surface area contributed by atoms with E-state index in [0.717, 1.165) is 0 Å². The van der Waals surface area contributed by atoms with Crippen molar-refractivity contribution in [1.29, 1.82) is 0 Å². The molecule has 0 aromatic heterocycles. The van der Waals surface area contributed by atoms with Crippen LogP contribution in [0.4, 0.5) is 0 Å². The minimum absolute atomic E-state index is 1.34. The van der Waals surface area contributed by atoms with Crippen molar-refractivity contribution in [2.45, 2.75) is 111 Å². The van der Waals surface area contributed by atoms with Crippen molar-refractivity contribution in [2.24, 2.45) is 0 Å². The zero-order chi connectivity index (χ0) is 22.2. The van der Waals surface area contributed by atoms with Crippen molar-refractivity contribution in [2.75, 3.05) is 0 Å². The van der Waals surface area contributed by atoms with Gasteiger partial charge in [0, 0.05) is 0 Å². The summed E-state index contributed by atoms with van der Waals surface area (Å²) in [4.78, 5) is 45.3. The van der Waals surface area contributed by atoms with Gasteiger partial charge in [0.15, 0.2) is 0 Å². The van der Waals surface area contributed by atoms with E-state index in [4.69, 9.17) is 29.4 Å². The summed E-state index contributed by atoms with van der Waals surface area (Å²) in [6.45, 7) is 1.37. The summed E-state index contributed by atoms with van der Waals surface area (Å²) in [5.74, 6) is 0. The Morgan fingerprint density at radius 2 is 0.556 bits per heavy atom. The van der Waals surface area contributed by atoms with Gasteiger partial charge in [0.2, 0.25) is 0 Å². The van der Waals surface area contributed by atoms with Gasteiger partial charge in [0.25, 0.3) is 0 Å². The van der Waals surface area contributed by atoms with Gasteiger partial charge in [-0.05, 0) is 23.6 Å². The third-order valence-electron chi connectivity index (χ3n) is 3.16. The van der Waals surface area contributed by atoms with Crippen molar-refractivity contribution >= 4 is 37.1 Å². The zero-order valence-electron chi connectivity index (χ0n) is 17.6. The summed E-state index contributed by atoms with van der Waals surface area (Å²) in [6.07, 6.45) is 18.5. The molecule has 0 radical (unpaired) electrons. The molecule has 0 rings (SSSR count). The third-order valence-corrected chi connectivity index (χ3v) is 3.16. The molecule has 6 N–H and O–H groups in total. The Kier molecular flexibility index (Phi) is 35.6. The maximum absolute atomic E-state index is 7.56. The summed E-state index contributed by atoms with van der Waals surface area (Å²) in [5, 5.41) is 0. The molecule has 0 fully saturated rings. The second kappa shape index (κ2) is 27.1. The Morgan fingerprint density at radius 1 is 0.407 bits per heavy atom. The van der Waals surface area contributed by atoms with Crippen LogP contribution >= 0.6 is 13.4 Å². The maximum atomic E-state index is 7.56. The van der Waals surface area contributed by atoms with Crippen LogP contribution in [0.15, 0.2) is 0 Å². The largest absolute Gasteiger partial charge is 0.325 e. The molecule has 27 heavy (non-hydrogen) atoms. The molecule has 0 spiro atoms. The van der Waals surface area contributed by atoms with E-state index in [1.807, 2.05) is 0 Å². The van der Waals surface area contributed by atoms with Crippen molar-refractivity contribution in [1.82, 2.24) is 0 Å². The Balaban J connectivity index is -0.000000147. The van der Waals surface area contributed by atoms with E-state index >= 15 is 0 Å². The van der Waals surface area contributed by atoms with Crippen LogP contribution in [0.25, 0.3) is 0 Å². The third kappa shape index (κ3) is 117. The number of hydrogen-bond acceptors (Lipinski definition) is 2. The second-order valence-corrected chi connectivity index (χ2v) is 11.2. The summed E-state index contributed by atoms with van der Waals surface area (Å²) >= 11 is 7.21. The first-order chi connectivity index (χ1) is 12.3. The van der Waals surface area contributed by atoms with Crippen LogP contribution in [0.1, 0.15) is 111 Å². The van der Waals surface area contributed by atoms with Gasteiger partial charge in [-0.2, -0.15) is 0 Å². The molecular weight excluding hydrogens is 426 g/mol. The van der Waals surface area contributed by atoms with Crippen LogP contribution in [0.3, 0.4) is 0 Å². The summed E-state index contributed by atoms with van der Waals surface area (Å²) < 4.78 is 0. The highest BCUT2D eigenvalue weighted by molar-refractivity contribution is 8.06. The SMILES string of the molecule is CCCCC.CCCCCCCCCCCC.OP(O)(O)=S.OP(O)(O)=S. The molecule has 0 unspecified atom stereocenters. The molecule has 0 aliphatic carbocycles. The Hall–Kier alpha value is 1.06. The highest BCUT2D eigenvalue weighted by Gasteiger charge is 1.93. The maximum Gasteiger partial charge on any atom is 0.319 e. The lowest BCUT2D eigenvalue weighted by atomic mass is 10.1. The lowest BCUT2D eigenvalue weighted by Gasteiger charge is -1.99. The van der Waals surface area contributed by atoms with E-state index in [-0.39, 0.29) is 0 Å². The van der Waals surface area contributed by atoms with Crippen molar-refractivity contribution in [3.05, 3.63) is 0 Å². The Bertz CT molecular complexity index is 300. The van der Waals surface area contributed by atoms with E-state index < -0.39 is 13.4 Å². The first kappa shape index (κ1) is 35.5. The van der Waals surface area contributed by atoms with Gasteiger partial charge in [-0.25, -0.2) is 0 Å². The van der Waals surface area contributed by atoms with E-state index in [1.54, 1.807) is 0 Å². The van der Waals surface area contributed by atoms with Crippen LogP contribution in [-0.4, -0.2) is 29.4 Å². The van der Waals surface area contributed by atoms with Crippen LogP contribution in [-0.2, 0) is 23.6 Å². The average molecular weight is 471 g/mol. The van der Waals surface area contributed by atoms with Gasteiger partial charge in [-0.1, -0.05) is 111 Å². The van der Waals surface area contributed by atoms with Crippen molar-refractivity contribution in [3.63, 3.8) is 0 Å². The molecule has 6 nitrogen and oxygen atoms in total. The molecule has 0 aromatic carbocycles. The van der Waals surface area contributed by atoms with Gasteiger partial charge in [-0.15, -0.1) is 0 Å². The molecule has 0 aliphatic rings. The van der Waals surface area contributed by atoms with Gasteiger partial charge >= 0.3 is 13.4 Å². The van der Waals surface area contributed by atoms with E-state index in [9.17, 15) is 0 Å². The highest BCUT2D eigenvalue weighted by Crippen LogP contribution is 2.27.